The van der Waals surface area contributed by atoms with Gasteiger partial charge in [-0.3, -0.25) is 9.59 Å². The summed E-state index contributed by atoms with van der Waals surface area (Å²) in [7, 11) is 1.33. The number of hydrogen-bond acceptors (Lipinski definition) is 6. The van der Waals surface area contributed by atoms with E-state index >= 15 is 0 Å². The summed E-state index contributed by atoms with van der Waals surface area (Å²) in [6.45, 7) is 1.85. The van der Waals surface area contributed by atoms with Crippen LogP contribution in [0.4, 0.5) is 14.6 Å². The minimum absolute atomic E-state index is 0.0230. The Morgan fingerprint density at radius 3 is 2.57 bits per heavy atom. The molecule has 0 bridgehead atoms. The van der Waals surface area contributed by atoms with Crippen LogP contribution in [-0.2, 0) is 6.42 Å². The lowest BCUT2D eigenvalue weighted by molar-refractivity contribution is 0.0986. The van der Waals surface area contributed by atoms with Crippen LogP contribution in [0.1, 0.15) is 44.8 Å². The molecule has 9 heteroatoms. The maximum Gasteiger partial charge on any atom is 0.250 e. The molecule has 1 amide bonds. The van der Waals surface area contributed by atoms with Gasteiger partial charge in [0.05, 0.1) is 18.2 Å². The molecular weight excluding hydrogens is 454 g/mol. The first kappa shape index (κ1) is 23.7. The number of halogens is 2. The highest BCUT2D eigenvalue weighted by Gasteiger charge is 2.17. The second-order valence-electron chi connectivity index (χ2n) is 7.95. The number of anilines is 1. The van der Waals surface area contributed by atoms with Crippen LogP contribution < -0.4 is 15.8 Å². The number of nitrogens with one attached hydrogen (secondary N) is 1. The second kappa shape index (κ2) is 9.84. The molecule has 3 N–H and O–H groups in total. The van der Waals surface area contributed by atoms with E-state index in [0.717, 1.165) is 6.07 Å². The molecule has 1 aromatic heterocycles. The average molecular weight is 476 g/mol. The number of carbonyl (C=O) groups is 2. The van der Waals surface area contributed by atoms with Gasteiger partial charge in [0.25, 0.3) is 5.91 Å². The molecule has 0 fully saturated rings. The Kier molecular flexibility index (Phi) is 6.68. The summed E-state index contributed by atoms with van der Waals surface area (Å²) in [5, 5.41) is 3.85. The third-order valence-electron chi connectivity index (χ3n) is 5.68. The van der Waals surface area contributed by atoms with Crippen molar-refractivity contribution < 1.29 is 23.1 Å². The fraction of sp³-hybridized carbons (Fsp3) is 0.154. The van der Waals surface area contributed by atoms with Crippen molar-refractivity contribution in [2.45, 2.75) is 19.4 Å². The van der Waals surface area contributed by atoms with Crippen LogP contribution in [-0.4, -0.2) is 28.8 Å². The number of aromatic nitrogens is 2. The largest absolute Gasteiger partial charge is 0.494 e. The van der Waals surface area contributed by atoms with E-state index in [-0.39, 0.29) is 34.9 Å². The molecule has 1 heterocycles. The summed E-state index contributed by atoms with van der Waals surface area (Å²) in [6.07, 6.45) is 1.09. The molecule has 178 valence electrons. The monoisotopic (exact) mass is 476 g/mol. The van der Waals surface area contributed by atoms with Crippen molar-refractivity contribution in [3.05, 3.63) is 94.8 Å². The van der Waals surface area contributed by atoms with E-state index in [1.54, 1.807) is 30.3 Å². The first-order chi connectivity index (χ1) is 16.8. The van der Waals surface area contributed by atoms with Crippen LogP contribution in [0.15, 0.2) is 60.9 Å². The smallest absolute Gasteiger partial charge is 0.250 e. The summed E-state index contributed by atoms with van der Waals surface area (Å²) >= 11 is 0. The molecule has 0 aliphatic heterocycles. The fourth-order valence-electron chi connectivity index (χ4n) is 3.80. The van der Waals surface area contributed by atoms with E-state index in [0.29, 0.717) is 22.3 Å². The lowest BCUT2D eigenvalue weighted by Gasteiger charge is -2.18. The van der Waals surface area contributed by atoms with Crippen LogP contribution in [0, 0.1) is 11.6 Å². The van der Waals surface area contributed by atoms with Gasteiger partial charge < -0.3 is 15.8 Å². The minimum Gasteiger partial charge on any atom is -0.494 e. The molecule has 4 rings (SSSR count). The van der Waals surface area contributed by atoms with Crippen molar-refractivity contribution in [2.75, 3.05) is 12.4 Å². The molecule has 0 saturated heterocycles. The SMILES string of the molecule is COc1ccc(C(=O)Cc2cc([C@@H](C)Nc3ncnc4c(C(N)=O)cccc34)ccc2F)cc1F. The topological polar surface area (TPSA) is 107 Å². The number of nitrogens with zero attached hydrogens (tertiary/aromatic N) is 2. The number of nitrogens with two attached hydrogens (primary N) is 1. The van der Waals surface area contributed by atoms with Crippen LogP contribution in [0.5, 0.6) is 5.75 Å². The Bertz CT molecular complexity index is 1440. The number of Topliss-reactive ketones (excluding diaryl/α,β-unsaturated/α-hetero) is 1. The van der Waals surface area contributed by atoms with Crippen LogP contribution in [0.25, 0.3) is 10.9 Å². The fourth-order valence-corrected chi connectivity index (χ4v) is 3.80. The van der Waals surface area contributed by atoms with Gasteiger partial charge in [-0.05, 0) is 54.4 Å². The van der Waals surface area contributed by atoms with E-state index in [9.17, 15) is 18.4 Å². The quantitative estimate of drug-likeness (QED) is 0.360. The zero-order valence-electron chi connectivity index (χ0n) is 19.0. The van der Waals surface area contributed by atoms with Crippen molar-refractivity contribution in [1.29, 1.82) is 0 Å². The van der Waals surface area contributed by atoms with Gasteiger partial charge >= 0.3 is 0 Å². The predicted octanol–water partition coefficient (Wildman–Crippen LogP) is 4.61. The van der Waals surface area contributed by atoms with Crippen LogP contribution in [0.2, 0.25) is 0 Å². The Labute approximate surface area is 200 Å². The first-order valence-electron chi connectivity index (χ1n) is 10.7. The predicted molar refractivity (Wildman–Crippen MR) is 127 cm³/mol. The zero-order valence-corrected chi connectivity index (χ0v) is 19.0. The van der Waals surface area contributed by atoms with Crippen molar-refractivity contribution in [3.63, 3.8) is 0 Å². The molecule has 0 aliphatic carbocycles. The molecule has 35 heavy (non-hydrogen) atoms. The lowest BCUT2D eigenvalue weighted by Crippen LogP contribution is -2.13. The number of hydrogen-bond donors (Lipinski definition) is 2. The Hall–Kier alpha value is -4.40. The van der Waals surface area contributed by atoms with Crippen molar-refractivity contribution in [3.8, 4) is 5.75 Å². The summed E-state index contributed by atoms with van der Waals surface area (Å²) in [4.78, 5) is 32.9. The Balaban J connectivity index is 1.58. The number of benzene rings is 3. The van der Waals surface area contributed by atoms with Crippen LogP contribution >= 0.6 is 0 Å². The Morgan fingerprint density at radius 1 is 1.06 bits per heavy atom. The molecule has 4 aromatic rings. The summed E-state index contributed by atoms with van der Waals surface area (Å²) < 4.78 is 33.4. The van der Waals surface area contributed by atoms with Gasteiger partial charge in [-0.15, -0.1) is 0 Å². The number of amides is 1. The van der Waals surface area contributed by atoms with Crippen molar-refractivity contribution >= 4 is 28.4 Å². The number of rotatable bonds is 8. The molecule has 0 unspecified atom stereocenters. The number of fused-ring (bicyclic) bond motifs is 1. The van der Waals surface area contributed by atoms with Gasteiger partial charge in [0.2, 0.25) is 0 Å². The molecule has 7 nitrogen and oxygen atoms in total. The standard InChI is InChI=1S/C26H22F2N4O3/c1-14(32-26-19-5-3-4-18(25(29)34)24(19)30-13-31-26)15-6-8-20(27)17(10-15)12-22(33)16-7-9-23(35-2)21(28)11-16/h3-11,13-14H,12H2,1-2H3,(H2,29,34)(H,30,31,32)/t14-/m1/s1. The highest BCUT2D eigenvalue weighted by molar-refractivity contribution is 6.06. The maximum atomic E-state index is 14.5. The van der Waals surface area contributed by atoms with E-state index in [4.69, 9.17) is 10.5 Å². The number of ketones is 1. The minimum atomic E-state index is -0.665. The maximum absolute atomic E-state index is 14.5. The molecule has 0 saturated carbocycles. The van der Waals surface area contributed by atoms with Gasteiger partial charge in [0, 0.05) is 23.4 Å². The number of para-hydroxylation sites is 1. The Morgan fingerprint density at radius 2 is 1.86 bits per heavy atom. The molecular formula is C26H22F2N4O3. The van der Waals surface area contributed by atoms with Crippen molar-refractivity contribution in [2.24, 2.45) is 5.73 Å². The summed E-state index contributed by atoms with van der Waals surface area (Å²) in [6, 6.07) is 13.1. The van der Waals surface area contributed by atoms with E-state index in [1.807, 2.05) is 6.92 Å². The molecule has 0 radical (unpaired) electrons. The van der Waals surface area contributed by atoms with Crippen molar-refractivity contribution in [1.82, 2.24) is 9.97 Å². The van der Waals surface area contributed by atoms with E-state index in [2.05, 4.69) is 15.3 Å². The normalized spacial score (nSPS) is 11.8. The first-order valence-corrected chi connectivity index (χ1v) is 10.7. The zero-order chi connectivity index (χ0) is 25.1. The van der Waals surface area contributed by atoms with Gasteiger partial charge in [-0.1, -0.05) is 18.2 Å². The van der Waals surface area contributed by atoms with Crippen LogP contribution in [0.3, 0.4) is 0 Å². The van der Waals surface area contributed by atoms with Gasteiger partial charge in [0.1, 0.15) is 18.0 Å². The molecule has 3 aromatic carbocycles. The second-order valence-corrected chi connectivity index (χ2v) is 7.95. The highest BCUT2D eigenvalue weighted by Crippen LogP contribution is 2.27. The lowest BCUT2D eigenvalue weighted by atomic mass is 9.98. The number of primary amides is 1. The van der Waals surface area contributed by atoms with E-state index in [1.165, 1.54) is 31.6 Å². The molecule has 1 atom stereocenters. The summed E-state index contributed by atoms with van der Waals surface area (Å²) in [5.74, 6) is -1.73. The number of ether oxygens (including phenoxy) is 1. The van der Waals surface area contributed by atoms with Gasteiger partial charge in [0.15, 0.2) is 17.3 Å². The average Bonchev–Trinajstić information content (AvgIpc) is 2.85. The third-order valence-corrected chi connectivity index (χ3v) is 5.68. The number of carbonyl (C=O) groups excluding carboxylic acids is 2. The summed E-state index contributed by atoms with van der Waals surface area (Å²) in [5.41, 5.74) is 7.15. The van der Waals surface area contributed by atoms with Gasteiger partial charge in [-0.25, -0.2) is 18.7 Å². The molecule has 0 aliphatic rings. The highest BCUT2D eigenvalue weighted by atomic mass is 19.1. The number of methoxy groups -OCH3 is 1. The van der Waals surface area contributed by atoms with E-state index < -0.39 is 23.3 Å². The molecule has 0 spiro atoms. The third kappa shape index (κ3) is 4.93. The van der Waals surface area contributed by atoms with Gasteiger partial charge in [-0.2, -0.15) is 0 Å².